The molecule has 7 nitrogen and oxygen atoms in total. The van der Waals surface area contributed by atoms with Gasteiger partial charge in [-0.15, -0.1) is 0 Å². The van der Waals surface area contributed by atoms with Crippen LogP contribution in [0, 0.1) is 23.2 Å². The van der Waals surface area contributed by atoms with Gasteiger partial charge < -0.3 is 18.9 Å². The summed E-state index contributed by atoms with van der Waals surface area (Å²) in [6.07, 6.45) is 6.64. The summed E-state index contributed by atoms with van der Waals surface area (Å²) in [6, 6.07) is 6.05. The summed E-state index contributed by atoms with van der Waals surface area (Å²) < 4.78 is 22.9. The van der Waals surface area contributed by atoms with Gasteiger partial charge in [-0.05, 0) is 69.0 Å². The molecular formula is C31H46N2O5. The summed E-state index contributed by atoms with van der Waals surface area (Å²) in [7, 11) is 3.37. The van der Waals surface area contributed by atoms with Crippen LogP contribution in [0.5, 0.6) is 11.5 Å². The summed E-state index contributed by atoms with van der Waals surface area (Å²) in [4.78, 5) is 18.2. The van der Waals surface area contributed by atoms with Crippen LogP contribution in [0.2, 0.25) is 0 Å². The third-order valence-corrected chi connectivity index (χ3v) is 9.71. The Kier molecular flexibility index (Phi) is 8.65. The molecule has 210 valence electrons. The largest absolute Gasteiger partial charge is 0.493 e. The number of carbonyl (C=O) groups excluding carboxylic acids is 1. The molecule has 4 fully saturated rings. The molecule has 0 radical (unpaired) electrons. The lowest BCUT2D eigenvalue weighted by Gasteiger charge is -2.50. The molecule has 0 spiro atoms. The van der Waals surface area contributed by atoms with Crippen molar-refractivity contribution in [3.05, 3.63) is 35.9 Å². The second-order valence-corrected chi connectivity index (χ2v) is 12.1. The Morgan fingerprint density at radius 1 is 1.21 bits per heavy atom. The van der Waals surface area contributed by atoms with Crippen molar-refractivity contribution in [2.24, 2.45) is 23.2 Å². The number of benzene rings is 1. The van der Waals surface area contributed by atoms with Gasteiger partial charge in [-0.3, -0.25) is 14.6 Å². The third kappa shape index (κ3) is 5.75. The van der Waals surface area contributed by atoms with E-state index in [-0.39, 0.29) is 29.3 Å². The highest BCUT2D eigenvalue weighted by Crippen LogP contribution is 2.57. The monoisotopic (exact) mass is 526 g/mol. The predicted molar refractivity (Wildman–Crippen MR) is 147 cm³/mol. The Labute approximate surface area is 228 Å². The Morgan fingerprint density at radius 2 is 2.03 bits per heavy atom. The second-order valence-electron chi connectivity index (χ2n) is 12.1. The number of fused-ring (bicyclic) bond motifs is 2. The van der Waals surface area contributed by atoms with Crippen molar-refractivity contribution in [3.8, 4) is 11.5 Å². The first-order chi connectivity index (χ1) is 18.4. The molecule has 7 heteroatoms. The highest BCUT2D eigenvalue weighted by molar-refractivity contribution is 5.75. The molecule has 5 rings (SSSR count). The van der Waals surface area contributed by atoms with Crippen LogP contribution in [0.4, 0.5) is 0 Å². The molecule has 5 atom stereocenters. The van der Waals surface area contributed by atoms with Gasteiger partial charge in [0.2, 0.25) is 0 Å². The van der Waals surface area contributed by atoms with Gasteiger partial charge in [-0.2, -0.15) is 0 Å². The molecule has 1 aromatic carbocycles. The number of carbonyl (C=O) groups is 1. The van der Waals surface area contributed by atoms with E-state index in [2.05, 4.69) is 29.4 Å². The minimum absolute atomic E-state index is 0.0105. The van der Waals surface area contributed by atoms with Gasteiger partial charge in [-0.25, -0.2) is 0 Å². The van der Waals surface area contributed by atoms with E-state index in [0.717, 1.165) is 82.1 Å². The van der Waals surface area contributed by atoms with Crippen molar-refractivity contribution >= 4 is 5.97 Å². The number of para-hydroxylation sites is 1. The molecule has 2 aliphatic carbocycles. The van der Waals surface area contributed by atoms with E-state index in [1.165, 1.54) is 18.4 Å². The molecule has 0 N–H and O–H groups in total. The molecule has 2 heterocycles. The lowest BCUT2D eigenvalue weighted by Crippen LogP contribution is -2.45. The normalized spacial score (nSPS) is 31.6. The van der Waals surface area contributed by atoms with Crippen LogP contribution in [0.1, 0.15) is 51.0 Å². The molecule has 2 aliphatic heterocycles. The number of allylic oxidation sites excluding steroid dienone is 1. The zero-order valence-corrected chi connectivity index (χ0v) is 23.6. The maximum Gasteiger partial charge on any atom is 0.310 e. The number of esters is 1. The Morgan fingerprint density at radius 3 is 2.79 bits per heavy atom. The maximum atomic E-state index is 13.3. The lowest BCUT2D eigenvalue weighted by atomic mass is 9.55. The molecular weight excluding hydrogens is 480 g/mol. The van der Waals surface area contributed by atoms with Crippen molar-refractivity contribution in [1.29, 1.82) is 0 Å². The van der Waals surface area contributed by atoms with Gasteiger partial charge in [0.25, 0.3) is 0 Å². The summed E-state index contributed by atoms with van der Waals surface area (Å²) in [5.74, 6) is 2.17. The molecule has 4 aliphatic rings. The quantitative estimate of drug-likeness (QED) is 0.328. The summed E-state index contributed by atoms with van der Waals surface area (Å²) in [5, 5.41) is 0. The molecule has 2 saturated heterocycles. The van der Waals surface area contributed by atoms with E-state index < -0.39 is 0 Å². The van der Waals surface area contributed by atoms with E-state index in [9.17, 15) is 4.79 Å². The highest BCUT2D eigenvalue weighted by Gasteiger charge is 2.55. The van der Waals surface area contributed by atoms with Gasteiger partial charge in [0.05, 0.1) is 33.4 Å². The van der Waals surface area contributed by atoms with Crippen molar-refractivity contribution in [2.75, 3.05) is 60.2 Å². The van der Waals surface area contributed by atoms with Crippen LogP contribution in [0.3, 0.4) is 0 Å². The fourth-order valence-electron chi connectivity index (χ4n) is 7.64. The van der Waals surface area contributed by atoms with Crippen molar-refractivity contribution in [2.45, 2.75) is 58.1 Å². The Hall–Kier alpha value is -2.09. The van der Waals surface area contributed by atoms with Gasteiger partial charge in [0.15, 0.2) is 11.5 Å². The first-order valence-corrected chi connectivity index (χ1v) is 14.5. The van der Waals surface area contributed by atoms with Crippen molar-refractivity contribution in [3.63, 3.8) is 0 Å². The van der Waals surface area contributed by atoms with Crippen molar-refractivity contribution < 1.29 is 23.7 Å². The number of ether oxygens (including phenoxy) is 4. The number of rotatable bonds is 10. The molecule has 2 saturated carbocycles. The van der Waals surface area contributed by atoms with Gasteiger partial charge in [0.1, 0.15) is 6.10 Å². The lowest BCUT2D eigenvalue weighted by molar-refractivity contribution is -0.146. The minimum atomic E-state index is -0.0979. The van der Waals surface area contributed by atoms with Crippen LogP contribution in [0.15, 0.2) is 30.4 Å². The molecule has 0 aromatic heterocycles. The van der Waals surface area contributed by atoms with Gasteiger partial charge >= 0.3 is 5.97 Å². The second kappa shape index (κ2) is 12.0. The molecule has 38 heavy (non-hydrogen) atoms. The van der Waals surface area contributed by atoms with E-state index in [1.807, 2.05) is 12.1 Å². The summed E-state index contributed by atoms with van der Waals surface area (Å²) in [5.41, 5.74) is 2.69. The number of hydrogen-bond donors (Lipinski definition) is 0. The highest BCUT2D eigenvalue weighted by atomic mass is 16.6. The van der Waals surface area contributed by atoms with Gasteiger partial charge in [-0.1, -0.05) is 31.2 Å². The maximum absolute atomic E-state index is 13.3. The first kappa shape index (κ1) is 27.5. The predicted octanol–water partition coefficient (Wildman–Crippen LogP) is 4.54. The third-order valence-electron chi connectivity index (χ3n) is 9.71. The molecule has 0 unspecified atom stereocenters. The molecule has 0 amide bonds. The number of nitrogens with zero attached hydrogens (tertiary/aromatic N) is 2. The summed E-state index contributed by atoms with van der Waals surface area (Å²) in [6.45, 7) is 13.8. The van der Waals surface area contributed by atoms with Crippen LogP contribution in [-0.2, 0) is 20.8 Å². The van der Waals surface area contributed by atoms with Crippen LogP contribution < -0.4 is 9.47 Å². The average molecular weight is 527 g/mol. The Balaban J connectivity index is 1.32. The zero-order valence-electron chi connectivity index (χ0n) is 23.6. The average Bonchev–Trinajstić information content (AvgIpc) is 3.20. The van der Waals surface area contributed by atoms with Crippen LogP contribution in [0.25, 0.3) is 0 Å². The zero-order chi connectivity index (χ0) is 26.7. The number of morpholine rings is 1. The van der Waals surface area contributed by atoms with E-state index in [4.69, 9.17) is 18.9 Å². The fourth-order valence-corrected chi connectivity index (χ4v) is 7.64. The number of hydrogen-bond acceptors (Lipinski definition) is 7. The van der Waals surface area contributed by atoms with E-state index in [0.29, 0.717) is 19.0 Å². The van der Waals surface area contributed by atoms with E-state index >= 15 is 0 Å². The number of methoxy groups -OCH3 is 2. The van der Waals surface area contributed by atoms with Crippen LogP contribution >= 0.6 is 0 Å². The topological polar surface area (TPSA) is 60.5 Å². The molecule has 1 aromatic rings. The smallest absolute Gasteiger partial charge is 0.310 e. The molecule has 0 bridgehead atoms. The van der Waals surface area contributed by atoms with Crippen molar-refractivity contribution in [1.82, 2.24) is 9.80 Å². The summed E-state index contributed by atoms with van der Waals surface area (Å²) >= 11 is 0. The standard InChI is InChI=1S/C31H46N2O5/c1-22-8-6-11-31(2)19-28-24(18-26(22)31)25(30(34)38-28)21-33(13-7-12-32-14-16-37-17-15-32)20-23-9-5-10-27(35-3)29(23)36-4/h5,9-10,24-26,28H,1,6-8,11-21H2,2-4H3/t24-,25+,26-,28+,31-/m0/s1. The Bertz CT molecular complexity index is 992. The fraction of sp³-hybridized carbons (Fsp3) is 0.710. The van der Waals surface area contributed by atoms with Crippen LogP contribution in [-0.4, -0.2) is 82.0 Å². The van der Waals surface area contributed by atoms with Gasteiger partial charge in [0, 0.05) is 37.7 Å². The SMILES string of the molecule is C=C1CCC[C@@]2(C)C[C@H]3OC(=O)[C@H](CN(CCCN4CCOCC4)Cc4cccc(OC)c4OC)[C@@H]3C[C@@H]12. The first-order valence-electron chi connectivity index (χ1n) is 14.5. The van der Waals surface area contributed by atoms with E-state index in [1.54, 1.807) is 14.2 Å². The minimum Gasteiger partial charge on any atom is -0.493 e.